The van der Waals surface area contributed by atoms with Gasteiger partial charge >= 0.3 is 0 Å². The minimum absolute atomic E-state index is 0.116. The molecule has 0 unspecified atom stereocenters. The van der Waals surface area contributed by atoms with Gasteiger partial charge in [-0.15, -0.1) is 10.2 Å². The van der Waals surface area contributed by atoms with Crippen LogP contribution in [-0.2, 0) is 7.05 Å². The van der Waals surface area contributed by atoms with E-state index in [0.717, 1.165) is 5.69 Å². The van der Waals surface area contributed by atoms with E-state index < -0.39 is 11.9 Å². The predicted octanol–water partition coefficient (Wildman–Crippen LogP) is 2.00. The second-order valence-corrected chi connectivity index (χ2v) is 6.04. The van der Waals surface area contributed by atoms with Crippen molar-refractivity contribution in [2.24, 2.45) is 7.05 Å². The summed E-state index contributed by atoms with van der Waals surface area (Å²) in [7, 11) is 1.64. The van der Waals surface area contributed by atoms with E-state index in [1.165, 1.54) is 4.57 Å². The van der Waals surface area contributed by atoms with Gasteiger partial charge in [-0.1, -0.05) is 13.8 Å². The molecule has 0 radical (unpaired) electrons. The van der Waals surface area contributed by atoms with Gasteiger partial charge in [-0.05, 0) is 32.4 Å². The number of nitrogens with zero attached hydrogens (tertiary/aromatic N) is 3. The number of nitrogens with one attached hydrogen (secondary N) is 1. The Balaban J connectivity index is 2.25. The second-order valence-electron chi connectivity index (χ2n) is 6.04. The molecule has 0 aromatic carbocycles. The van der Waals surface area contributed by atoms with Gasteiger partial charge in [0.1, 0.15) is 11.6 Å². The van der Waals surface area contributed by atoms with E-state index in [1.54, 1.807) is 20.9 Å². The predicted molar refractivity (Wildman–Crippen MR) is 85.4 cm³/mol. The van der Waals surface area contributed by atoms with Crippen molar-refractivity contribution in [2.45, 2.75) is 46.6 Å². The molecule has 0 aliphatic heterocycles. The van der Waals surface area contributed by atoms with Crippen molar-refractivity contribution in [2.75, 3.05) is 0 Å². The Kier molecular flexibility index (Phi) is 4.68. The lowest BCUT2D eigenvalue weighted by Crippen LogP contribution is -2.35. The van der Waals surface area contributed by atoms with Crippen molar-refractivity contribution >= 4 is 5.91 Å². The number of hydrogen-bond acceptors (Lipinski definition) is 5. The van der Waals surface area contributed by atoms with E-state index in [9.17, 15) is 9.59 Å². The van der Waals surface area contributed by atoms with Gasteiger partial charge in [0.25, 0.3) is 11.5 Å². The molecule has 0 spiro atoms. The van der Waals surface area contributed by atoms with Gasteiger partial charge in [0, 0.05) is 18.7 Å². The Labute approximate surface area is 134 Å². The molecule has 1 atom stereocenters. The van der Waals surface area contributed by atoms with Gasteiger partial charge in [-0.25, -0.2) is 0 Å². The summed E-state index contributed by atoms with van der Waals surface area (Å²) in [6.07, 6.45) is 0. The standard InChI is InChI=1S/C16H22N4O3/c1-8(2)14-18-19-15(23-14)11(5)17-13(21)12-9(3)7-10(4)20(6)16(12)22/h7-8,11H,1-6H3,(H,17,21)/t11-/m0/s1. The fraction of sp³-hybridized carbons (Fsp3) is 0.500. The molecule has 7 nitrogen and oxygen atoms in total. The average Bonchev–Trinajstić information content (AvgIpc) is 2.95. The van der Waals surface area contributed by atoms with Crippen molar-refractivity contribution in [3.8, 4) is 0 Å². The molecule has 7 heteroatoms. The number of aryl methyl sites for hydroxylation is 2. The molecule has 0 saturated heterocycles. The van der Waals surface area contributed by atoms with Crippen LogP contribution in [0.3, 0.4) is 0 Å². The van der Waals surface area contributed by atoms with Crippen LogP contribution >= 0.6 is 0 Å². The maximum absolute atomic E-state index is 12.5. The Bertz CT molecular complexity index is 789. The van der Waals surface area contributed by atoms with E-state index in [2.05, 4.69) is 15.5 Å². The second kappa shape index (κ2) is 6.36. The summed E-state index contributed by atoms with van der Waals surface area (Å²) in [5.41, 5.74) is 1.26. The highest BCUT2D eigenvalue weighted by atomic mass is 16.4. The highest BCUT2D eigenvalue weighted by Crippen LogP contribution is 2.17. The molecule has 1 N–H and O–H groups in total. The molecule has 2 aromatic heterocycles. The van der Waals surface area contributed by atoms with Crippen molar-refractivity contribution < 1.29 is 9.21 Å². The number of amides is 1. The highest BCUT2D eigenvalue weighted by molar-refractivity contribution is 5.95. The number of carbonyl (C=O) groups is 1. The third-order valence-corrected chi connectivity index (χ3v) is 3.76. The third kappa shape index (κ3) is 3.33. The first-order valence-corrected chi connectivity index (χ1v) is 7.53. The molecule has 1 amide bonds. The fourth-order valence-electron chi connectivity index (χ4n) is 2.24. The summed E-state index contributed by atoms with van der Waals surface area (Å²) in [6, 6.07) is 1.33. The number of hydrogen-bond donors (Lipinski definition) is 1. The quantitative estimate of drug-likeness (QED) is 0.931. The summed E-state index contributed by atoms with van der Waals surface area (Å²) in [5, 5.41) is 10.6. The van der Waals surface area contributed by atoms with Crippen LogP contribution in [0.2, 0.25) is 0 Å². The zero-order chi connectivity index (χ0) is 17.3. The van der Waals surface area contributed by atoms with E-state index in [0.29, 0.717) is 17.3 Å². The topological polar surface area (TPSA) is 90.0 Å². The summed E-state index contributed by atoms with van der Waals surface area (Å²) in [6.45, 7) is 9.20. The molecular weight excluding hydrogens is 296 g/mol. The number of carbonyl (C=O) groups excluding carboxylic acids is 1. The van der Waals surface area contributed by atoms with Crippen LogP contribution in [0.25, 0.3) is 0 Å². The molecule has 2 heterocycles. The van der Waals surface area contributed by atoms with Crippen molar-refractivity contribution in [3.63, 3.8) is 0 Å². The van der Waals surface area contributed by atoms with E-state index >= 15 is 0 Å². The largest absolute Gasteiger partial charge is 0.423 e. The molecule has 0 bridgehead atoms. The van der Waals surface area contributed by atoms with Crippen LogP contribution in [0.15, 0.2) is 15.3 Å². The van der Waals surface area contributed by atoms with Crippen LogP contribution in [0, 0.1) is 13.8 Å². The number of rotatable bonds is 4. The molecule has 0 aliphatic carbocycles. The average molecular weight is 318 g/mol. The van der Waals surface area contributed by atoms with Gasteiger partial charge in [0.15, 0.2) is 0 Å². The van der Waals surface area contributed by atoms with Gasteiger partial charge in [-0.3, -0.25) is 9.59 Å². The lowest BCUT2D eigenvalue weighted by Gasteiger charge is -2.13. The highest BCUT2D eigenvalue weighted by Gasteiger charge is 2.22. The summed E-state index contributed by atoms with van der Waals surface area (Å²) >= 11 is 0. The summed E-state index contributed by atoms with van der Waals surface area (Å²) in [5.74, 6) is 0.512. The third-order valence-electron chi connectivity index (χ3n) is 3.76. The molecule has 0 saturated carbocycles. The van der Waals surface area contributed by atoms with E-state index in [4.69, 9.17) is 4.42 Å². The van der Waals surface area contributed by atoms with Crippen molar-refractivity contribution in [3.05, 3.63) is 45.0 Å². The monoisotopic (exact) mass is 318 g/mol. The minimum atomic E-state index is -0.479. The lowest BCUT2D eigenvalue weighted by atomic mass is 10.1. The van der Waals surface area contributed by atoms with Gasteiger partial charge in [0.05, 0.1) is 0 Å². The maximum Gasteiger partial charge on any atom is 0.263 e. The van der Waals surface area contributed by atoms with Crippen LogP contribution in [0.5, 0.6) is 0 Å². The van der Waals surface area contributed by atoms with Gasteiger partial charge < -0.3 is 14.3 Å². The van der Waals surface area contributed by atoms with Gasteiger partial charge in [0.2, 0.25) is 11.8 Å². The zero-order valence-electron chi connectivity index (χ0n) is 14.3. The van der Waals surface area contributed by atoms with Crippen LogP contribution in [-0.4, -0.2) is 20.7 Å². The molecule has 0 aliphatic rings. The maximum atomic E-state index is 12.5. The van der Waals surface area contributed by atoms with Crippen molar-refractivity contribution in [1.82, 2.24) is 20.1 Å². The van der Waals surface area contributed by atoms with Crippen LogP contribution in [0.4, 0.5) is 0 Å². The first-order valence-electron chi connectivity index (χ1n) is 7.53. The summed E-state index contributed by atoms with van der Waals surface area (Å²) in [4.78, 5) is 24.8. The lowest BCUT2D eigenvalue weighted by molar-refractivity contribution is 0.0931. The molecule has 124 valence electrons. The minimum Gasteiger partial charge on any atom is -0.423 e. The number of pyridine rings is 1. The zero-order valence-corrected chi connectivity index (χ0v) is 14.3. The molecule has 23 heavy (non-hydrogen) atoms. The Hall–Kier alpha value is -2.44. The smallest absolute Gasteiger partial charge is 0.263 e. The Morgan fingerprint density at radius 2 is 1.83 bits per heavy atom. The van der Waals surface area contributed by atoms with Crippen molar-refractivity contribution in [1.29, 1.82) is 0 Å². The van der Waals surface area contributed by atoms with Crippen LogP contribution in [0.1, 0.15) is 66.1 Å². The fourth-order valence-corrected chi connectivity index (χ4v) is 2.24. The summed E-state index contributed by atoms with van der Waals surface area (Å²) < 4.78 is 6.98. The van der Waals surface area contributed by atoms with Crippen LogP contribution < -0.4 is 10.9 Å². The normalized spacial score (nSPS) is 12.5. The molecule has 2 rings (SSSR count). The molecule has 0 fully saturated rings. The Morgan fingerprint density at radius 1 is 1.22 bits per heavy atom. The van der Waals surface area contributed by atoms with E-state index in [-0.39, 0.29) is 17.0 Å². The number of aromatic nitrogens is 3. The van der Waals surface area contributed by atoms with Gasteiger partial charge in [-0.2, -0.15) is 0 Å². The molecule has 2 aromatic rings. The molecular formula is C16H22N4O3. The SMILES string of the molecule is Cc1cc(C)n(C)c(=O)c1C(=O)N[C@@H](C)c1nnc(C(C)C)o1. The first-order chi connectivity index (χ1) is 10.7. The first kappa shape index (κ1) is 16.9. The Morgan fingerprint density at radius 3 is 2.39 bits per heavy atom. The van der Waals surface area contributed by atoms with E-state index in [1.807, 2.05) is 26.8 Å².